The molecule has 0 aromatic carbocycles. The van der Waals surface area contributed by atoms with Gasteiger partial charge in [-0.2, -0.15) is 0 Å². The van der Waals surface area contributed by atoms with Gasteiger partial charge < -0.3 is 19.9 Å². The molecule has 0 spiro atoms. The Bertz CT molecular complexity index is 442. The zero-order valence-electron chi connectivity index (χ0n) is 12.9. The van der Waals surface area contributed by atoms with Crippen LogP contribution in [0.25, 0.3) is 0 Å². The van der Waals surface area contributed by atoms with E-state index in [0.29, 0.717) is 18.6 Å². The molecule has 0 bridgehead atoms. The van der Waals surface area contributed by atoms with Gasteiger partial charge in [0.05, 0.1) is 18.3 Å². The number of ether oxygens (including phenoxy) is 1. The first-order chi connectivity index (χ1) is 9.69. The van der Waals surface area contributed by atoms with E-state index < -0.39 is 0 Å². The molecule has 1 unspecified atom stereocenters. The molecule has 1 fully saturated rings. The number of nitrogens with zero attached hydrogens (tertiary/aromatic N) is 2. The van der Waals surface area contributed by atoms with Crippen molar-refractivity contribution in [3.63, 3.8) is 0 Å². The van der Waals surface area contributed by atoms with Crippen molar-refractivity contribution in [3.05, 3.63) is 17.5 Å². The molecule has 1 aliphatic heterocycles. The fourth-order valence-corrected chi connectivity index (χ4v) is 2.09. The monoisotopic (exact) mass is 408 g/mol. The van der Waals surface area contributed by atoms with Crippen LogP contribution in [0, 0.1) is 0 Å². The number of guanidine groups is 1. The highest BCUT2D eigenvalue weighted by molar-refractivity contribution is 14.0. The second-order valence-electron chi connectivity index (χ2n) is 5.31. The van der Waals surface area contributed by atoms with Crippen molar-refractivity contribution in [3.8, 4) is 0 Å². The minimum Gasteiger partial charge on any atom is -0.376 e. The lowest BCUT2D eigenvalue weighted by Gasteiger charge is -2.14. The van der Waals surface area contributed by atoms with Crippen molar-refractivity contribution in [1.82, 2.24) is 15.8 Å². The molecule has 1 aromatic heterocycles. The van der Waals surface area contributed by atoms with Crippen LogP contribution in [-0.2, 0) is 11.3 Å². The number of halogens is 1. The van der Waals surface area contributed by atoms with Gasteiger partial charge in [0.25, 0.3) is 0 Å². The molecule has 2 heterocycles. The van der Waals surface area contributed by atoms with Crippen LogP contribution in [-0.4, -0.2) is 37.4 Å². The van der Waals surface area contributed by atoms with Crippen molar-refractivity contribution < 1.29 is 9.26 Å². The van der Waals surface area contributed by atoms with Gasteiger partial charge in [-0.1, -0.05) is 19.0 Å². The molecule has 0 saturated carbocycles. The molecule has 120 valence electrons. The molecule has 7 heteroatoms. The lowest BCUT2D eigenvalue weighted by molar-refractivity contribution is 0.114. The first kappa shape index (κ1) is 18.2. The predicted octanol–water partition coefficient (Wildman–Crippen LogP) is 2.26. The fourth-order valence-electron chi connectivity index (χ4n) is 2.09. The van der Waals surface area contributed by atoms with E-state index in [-0.39, 0.29) is 24.0 Å². The van der Waals surface area contributed by atoms with E-state index in [2.05, 4.69) is 34.6 Å². The van der Waals surface area contributed by atoms with Crippen LogP contribution < -0.4 is 10.6 Å². The largest absolute Gasteiger partial charge is 0.376 e. The zero-order chi connectivity index (χ0) is 14.4. The molecule has 2 rings (SSSR count). The van der Waals surface area contributed by atoms with Gasteiger partial charge in [-0.25, -0.2) is 0 Å². The molecule has 0 radical (unpaired) electrons. The normalized spacial score (nSPS) is 18.7. The number of nitrogens with one attached hydrogen (secondary N) is 2. The number of rotatable bonds is 5. The topological polar surface area (TPSA) is 71.7 Å². The Kier molecular flexibility index (Phi) is 8.02. The molecular weight excluding hydrogens is 383 g/mol. The first-order valence-corrected chi connectivity index (χ1v) is 7.20. The summed E-state index contributed by atoms with van der Waals surface area (Å²) in [6.45, 7) is 6.42. The molecule has 1 atom stereocenters. The second kappa shape index (κ2) is 9.24. The Labute approximate surface area is 143 Å². The standard InChI is InChI=1S/C14H24N4O2.HI/c1-10(2)13-7-12(20-18-13)9-17-14(15-3)16-8-11-5-4-6-19-11;/h7,10-11H,4-6,8-9H2,1-3H3,(H2,15,16,17);1H. The smallest absolute Gasteiger partial charge is 0.191 e. The molecule has 2 N–H and O–H groups in total. The highest BCUT2D eigenvalue weighted by Gasteiger charge is 2.15. The minimum atomic E-state index is 0. The summed E-state index contributed by atoms with van der Waals surface area (Å²) < 4.78 is 10.8. The zero-order valence-corrected chi connectivity index (χ0v) is 15.2. The summed E-state index contributed by atoms with van der Waals surface area (Å²) >= 11 is 0. The Morgan fingerprint density at radius 3 is 2.86 bits per heavy atom. The summed E-state index contributed by atoms with van der Waals surface area (Å²) in [5.74, 6) is 1.95. The van der Waals surface area contributed by atoms with Crippen LogP contribution in [0.1, 0.15) is 44.1 Å². The first-order valence-electron chi connectivity index (χ1n) is 7.20. The average molecular weight is 408 g/mol. The van der Waals surface area contributed by atoms with Gasteiger partial charge in [0.1, 0.15) is 0 Å². The van der Waals surface area contributed by atoms with E-state index in [0.717, 1.165) is 43.4 Å². The molecule has 1 saturated heterocycles. The third-order valence-electron chi connectivity index (χ3n) is 3.34. The summed E-state index contributed by atoms with van der Waals surface area (Å²) in [4.78, 5) is 4.18. The van der Waals surface area contributed by atoms with Crippen LogP contribution in [0.4, 0.5) is 0 Å². The Balaban J connectivity index is 0.00000220. The minimum absolute atomic E-state index is 0. The van der Waals surface area contributed by atoms with Crippen LogP contribution in [0.15, 0.2) is 15.6 Å². The van der Waals surface area contributed by atoms with Gasteiger partial charge >= 0.3 is 0 Å². The predicted molar refractivity (Wildman–Crippen MR) is 93.2 cm³/mol. The summed E-state index contributed by atoms with van der Waals surface area (Å²) in [5.41, 5.74) is 0.976. The van der Waals surface area contributed by atoms with E-state index in [1.54, 1.807) is 7.05 Å². The summed E-state index contributed by atoms with van der Waals surface area (Å²) in [7, 11) is 1.75. The number of aromatic nitrogens is 1. The maximum absolute atomic E-state index is 5.57. The van der Waals surface area contributed by atoms with Gasteiger partial charge in [-0.05, 0) is 18.8 Å². The summed E-state index contributed by atoms with van der Waals surface area (Å²) in [6.07, 6.45) is 2.56. The van der Waals surface area contributed by atoms with Crippen molar-refractivity contribution >= 4 is 29.9 Å². The Morgan fingerprint density at radius 2 is 2.29 bits per heavy atom. The molecule has 21 heavy (non-hydrogen) atoms. The van der Waals surface area contributed by atoms with Crippen LogP contribution in [0.2, 0.25) is 0 Å². The molecule has 6 nitrogen and oxygen atoms in total. The van der Waals surface area contributed by atoms with E-state index in [4.69, 9.17) is 9.26 Å². The lowest BCUT2D eigenvalue weighted by Crippen LogP contribution is -2.40. The molecule has 0 aliphatic carbocycles. The van der Waals surface area contributed by atoms with Crippen molar-refractivity contribution in [2.75, 3.05) is 20.2 Å². The average Bonchev–Trinajstić information content (AvgIpc) is 3.10. The Morgan fingerprint density at radius 1 is 1.48 bits per heavy atom. The quantitative estimate of drug-likeness (QED) is 0.444. The summed E-state index contributed by atoms with van der Waals surface area (Å²) in [6, 6.07) is 1.98. The van der Waals surface area contributed by atoms with Crippen molar-refractivity contribution in [2.24, 2.45) is 4.99 Å². The van der Waals surface area contributed by atoms with E-state index in [9.17, 15) is 0 Å². The van der Waals surface area contributed by atoms with Crippen molar-refractivity contribution in [1.29, 1.82) is 0 Å². The number of hydrogen-bond acceptors (Lipinski definition) is 4. The highest BCUT2D eigenvalue weighted by Crippen LogP contribution is 2.13. The summed E-state index contributed by atoms with van der Waals surface area (Å²) in [5, 5.41) is 10.5. The molecule has 0 amide bonds. The lowest BCUT2D eigenvalue weighted by atomic mass is 10.1. The molecule has 1 aromatic rings. The van der Waals surface area contributed by atoms with Gasteiger partial charge in [-0.15, -0.1) is 24.0 Å². The van der Waals surface area contributed by atoms with Gasteiger partial charge in [-0.3, -0.25) is 4.99 Å². The van der Waals surface area contributed by atoms with Crippen LogP contribution in [0.5, 0.6) is 0 Å². The third kappa shape index (κ3) is 5.82. The van der Waals surface area contributed by atoms with E-state index >= 15 is 0 Å². The third-order valence-corrected chi connectivity index (χ3v) is 3.34. The number of aliphatic imine (C=N–C) groups is 1. The number of hydrogen-bond donors (Lipinski definition) is 2. The van der Waals surface area contributed by atoms with Gasteiger partial charge in [0.2, 0.25) is 0 Å². The SMILES string of the molecule is CN=C(NCc1cc(C(C)C)no1)NCC1CCCO1.I. The van der Waals surface area contributed by atoms with E-state index in [1.165, 1.54) is 0 Å². The second-order valence-corrected chi connectivity index (χ2v) is 5.31. The van der Waals surface area contributed by atoms with E-state index in [1.807, 2.05) is 6.07 Å². The van der Waals surface area contributed by atoms with Crippen molar-refractivity contribution in [2.45, 2.75) is 45.3 Å². The van der Waals surface area contributed by atoms with Gasteiger partial charge in [0.15, 0.2) is 11.7 Å². The highest BCUT2D eigenvalue weighted by atomic mass is 127. The van der Waals surface area contributed by atoms with Gasteiger partial charge in [0, 0.05) is 26.3 Å². The van der Waals surface area contributed by atoms with Crippen LogP contribution in [0.3, 0.4) is 0 Å². The fraction of sp³-hybridized carbons (Fsp3) is 0.714. The van der Waals surface area contributed by atoms with Crippen LogP contribution >= 0.6 is 24.0 Å². The maximum atomic E-state index is 5.57. The molecule has 1 aliphatic rings. The molecular formula is C14H25IN4O2. The Hall–Kier alpha value is -0.830. The maximum Gasteiger partial charge on any atom is 0.191 e.